The van der Waals surface area contributed by atoms with Gasteiger partial charge in [0.1, 0.15) is 5.69 Å². The van der Waals surface area contributed by atoms with E-state index < -0.39 is 0 Å². The number of fused-ring (bicyclic) bond motifs is 2. The second-order valence-corrected chi connectivity index (χ2v) is 7.38. The van der Waals surface area contributed by atoms with Crippen molar-refractivity contribution in [3.8, 4) is 11.4 Å². The minimum atomic E-state index is -0.0879. The lowest BCUT2D eigenvalue weighted by atomic mass is 10.1. The van der Waals surface area contributed by atoms with Gasteiger partial charge < -0.3 is 9.88 Å². The van der Waals surface area contributed by atoms with Crippen LogP contribution in [0.4, 0.5) is 5.69 Å². The minimum absolute atomic E-state index is 0.0879. The standard InChI is InChI=1S/C23H17ClN4O/c1-28(23(29)14-6-8-16(24)9-7-14)17-10-11-19-15(12-17)13-21(25-19)22-18-4-2-3-5-20(18)26-27-22/h2-13,25H,1H3,(H,26,27). The molecule has 0 saturated heterocycles. The van der Waals surface area contributed by atoms with Crippen LogP contribution in [-0.4, -0.2) is 28.1 Å². The number of H-pyrrole nitrogens is 2. The van der Waals surface area contributed by atoms with Gasteiger partial charge in [0.2, 0.25) is 0 Å². The number of carbonyl (C=O) groups is 1. The third-order valence-electron chi connectivity index (χ3n) is 5.11. The number of carbonyl (C=O) groups excluding carboxylic acids is 1. The molecule has 5 rings (SSSR count). The predicted molar refractivity (Wildman–Crippen MR) is 118 cm³/mol. The van der Waals surface area contributed by atoms with Crippen molar-refractivity contribution in [1.29, 1.82) is 0 Å². The molecule has 6 heteroatoms. The Balaban J connectivity index is 1.50. The van der Waals surface area contributed by atoms with E-state index in [1.165, 1.54) is 0 Å². The van der Waals surface area contributed by atoms with Gasteiger partial charge in [0.25, 0.3) is 5.91 Å². The Labute approximate surface area is 171 Å². The fourth-order valence-corrected chi connectivity index (χ4v) is 3.65. The molecule has 0 aliphatic carbocycles. The SMILES string of the molecule is CN(C(=O)c1ccc(Cl)cc1)c1ccc2[nH]c(-c3n[nH]c4ccccc34)cc2c1. The molecule has 0 radical (unpaired) electrons. The topological polar surface area (TPSA) is 64.8 Å². The van der Waals surface area contributed by atoms with Gasteiger partial charge in [-0.25, -0.2) is 0 Å². The van der Waals surface area contributed by atoms with Crippen LogP contribution in [-0.2, 0) is 0 Å². The van der Waals surface area contributed by atoms with Gasteiger partial charge in [-0.2, -0.15) is 5.10 Å². The van der Waals surface area contributed by atoms with Gasteiger partial charge in [-0.1, -0.05) is 29.8 Å². The summed E-state index contributed by atoms with van der Waals surface area (Å²) in [6.07, 6.45) is 0. The van der Waals surface area contributed by atoms with E-state index in [4.69, 9.17) is 11.6 Å². The maximum absolute atomic E-state index is 12.8. The molecule has 2 N–H and O–H groups in total. The maximum Gasteiger partial charge on any atom is 0.258 e. The number of hydrogen-bond acceptors (Lipinski definition) is 2. The molecule has 0 unspecified atom stereocenters. The molecule has 0 fully saturated rings. The van der Waals surface area contributed by atoms with Crippen molar-refractivity contribution in [2.24, 2.45) is 0 Å². The summed E-state index contributed by atoms with van der Waals surface area (Å²) in [4.78, 5) is 17.9. The average molecular weight is 401 g/mol. The van der Waals surface area contributed by atoms with Crippen LogP contribution in [0, 0.1) is 0 Å². The second kappa shape index (κ2) is 6.79. The van der Waals surface area contributed by atoms with Gasteiger partial charge in [-0.3, -0.25) is 9.89 Å². The number of aromatic amines is 2. The van der Waals surface area contributed by atoms with E-state index in [0.29, 0.717) is 10.6 Å². The Morgan fingerprint density at radius 3 is 2.59 bits per heavy atom. The Morgan fingerprint density at radius 2 is 1.76 bits per heavy atom. The molecule has 0 aliphatic heterocycles. The lowest BCUT2D eigenvalue weighted by Gasteiger charge is -2.17. The van der Waals surface area contributed by atoms with Gasteiger partial charge >= 0.3 is 0 Å². The minimum Gasteiger partial charge on any atom is -0.353 e. The Morgan fingerprint density at radius 1 is 0.966 bits per heavy atom. The van der Waals surface area contributed by atoms with Gasteiger partial charge in [-0.05, 0) is 54.6 Å². The normalized spacial score (nSPS) is 11.2. The third-order valence-corrected chi connectivity index (χ3v) is 5.36. The van der Waals surface area contributed by atoms with Gasteiger partial charge in [0.05, 0.1) is 11.2 Å². The van der Waals surface area contributed by atoms with Crippen molar-refractivity contribution in [3.05, 3.63) is 83.4 Å². The van der Waals surface area contributed by atoms with E-state index >= 15 is 0 Å². The molecule has 29 heavy (non-hydrogen) atoms. The first-order valence-corrected chi connectivity index (χ1v) is 9.58. The zero-order valence-electron chi connectivity index (χ0n) is 15.6. The summed E-state index contributed by atoms with van der Waals surface area (Å²) in [6.45, 7) is 0. The van der Waals surface area contributed by atoms with E-state index in [-0.39, 0.29) is 5.91 Å². The lowest BCUT2D eigenvalue weighted by molar-refractivity contribution is 0.0993. The molecule has 3 aromatic carbocycles. The first-order valence-electron chi connectivity index (χ1n) is 9.20. The molecule has 5 nitrogen and oxygen atoms in total. The number of nitrogens with zero attached hydrogens (tertiary/aromatic N) is 2. The number of hydrogen-bond donors (Lipinski definition) is 2. The molecule has 5 aromatic rings. The summed E-state index contributed by atoms with van der Waals surface area (Å²) >= 11 is 5.92. The highest BCUT2D eigenvalue weighted by Gasteiger charge is 2.15. The van der Waals surface area contributed by atoms with Gasteiger partial charge in [0.15, 0.2) is 0 Å². The number of benzene rings is 3. The number of nitrogens with one attached hydrogen (secondary N) is 2. The molecule has 2 aromatic heterocycles. The van der Waals surface area contributed by atoms with Crippen molar-refractivity contribution in [2.75, 3.05) is 11.9 Å². The molecule has 0 aliphatic rings. The van der Waals surface area contributed by atoms with Crippen molar-refractivity contribution in [3.63, 3.8) is 0 Å². The van der Waals surface area contributed by atoms with Gasteiger partial charge in [-0.15, -0.1) is 0 Å². The summed E-state index contributed by atoms with van der Waals surface area (Å²) in [5.74, 6) is -0.0879. The van der Waals surface area contributed by atoms with Crippen LogP contribution in [0.3, 0.4) is 0 Å². The summed E-state index contributed by atoms with van der Waals surface area (Å²) in [6, 6.07) is 22.9. The van der Waals surface area contributed by atoms with Crippen LogP contribution in [0.15, 0.2) is 72.8 Å². The highest BCUT2D eigenvalue weighted by molar-refractivity contribution is 6.30. The van der Waals surface area contributed by atoms with E-state index in [1.807, 2.05) is 42.5 Å². The number of halogens is 1. The highest BCUT2D eigenvalue weighted by atomic mass is 35.5. The summed E-state index contributed by atoms with van der Waals surface area (Å²) in [7, 11) is 1.77. The number of aromatic nitrogens is 3. The molecule has 0 atom stereocenters. The van der Waals surface area contributed by atoms with Crippen LogP contribution in [0.25, 0.3) is 33.2 Å². The fourth-order valence-electron chi connectivity index (χ4n) is 3.53. The molecule has 2 heterocycles. The first kappa shape index (κ1) is 17.5. The van der Waals surface area contributed by atoms with E-state index in [0.717, 1.165) is 38.9 Å². The lowest BCUT2D eigenvalue weighted by Crippen LogP contribution is -2.26. The Hall–Kier alpha value is -3.57. The molecule has 0 bridgehead atoms. The molecule has 0 spiro atoms. The number of anilines is 1. The van der Waals surface area contributed by atoms with E-state index in [2.05, 4.69) is 21.2 Å². The zero-order chi connectivity index (χ0) is 20.0. The van der Waals surface area contributed by atoms with E-state index in [1.54, 1.807) is 36.2 Å². The predicted octanol–water partition coefficient (Wildman–Crippen LogP) is 5.64. The summed E-state index contributed by atoms with van der Waals surface area (Å²) < 4.78 is 0. The van der Waals surface area contributed by atoms with Crippen LogP contribution in [0.2, 0.25) is 5.02 Å². The van der Waals surface area contributed by atoms with Crippen LogP contribution < -0.4 is 4.90 Å². The quantitative estimate of drug-likeness (QED) is 0.411. The maximum atomic E-state index is 12.8. The van der Waals surface area contributed by atoms with Crippen LogP contribution >= 0.6 is 11.6 Å². The van der Waals surface area contributed by atoms with Crippen LogP contribution in [0.1, 0.15) is 10.4 Å². The Kier molecular flexibility index (Phi) is 4.11. The largest absolute Gasteiger partial charge is 0.353 e. The number of rotatable bonds is 3. The monoisotopic (exact) mass is 400 g/mol. The number of amides is 1. The smallest absolute Gasteiger partial charge is 0.258 e. The Bertz CT molecular complexity index is 1350. The average Bonchev–Trinajstić information content (AvgIpc) is 3.36. The van der Waals surface area contributed by atoms with E-state index in [9.17, 15) is 4.79 Å². The van der Waals surface area contributed by atoms with Gasteiger partial charge in [0, 0.05) is 39.6 Å². The van der Waals surface area contributed by atoms with Crippen molar-refractivity contribution in [1.82, 2.24) is 15.2 Å². The number of para-hydroxylation sites is 1. The molecule has 142 valence electrons. The molecular weight excluding hydrogens is 384 g/mol. The van der Waals surface area contributed by atoms with Crippen molar-refractivity contribution in [2.45, 2.75) is 0 Å². The summed E-state index contributed by atoms with van der Waals surface area (Å²) in [5.41, 5.74) is 5.20. The fraction of sp³-hybridized carbons (Fsp3) is 0.0435. The van der Waals surface area contributed by atoms with Crippen LogP contribution in [0.5, 0.6) is 0 Å². The molecular formula is C23H17ClN4O. The second-order valence-electron chi connectivity index (χ2n) is 6.94. The van der Waals surface area contributed by atoms with Crippen molar-refractivity contribution >= 4 is 45.0 Å². The molecule has 0 saturated carbocycles. The molecule has 1 amide bonds. The first-order chi connectivity index (χ1) is 14.1. The third kappa shape index (κ3) is 3.05. The van der Waals surface area contributed by atoms with Crippen molar-refractivity contribution < 1.29 is 4.79 Å². The highest BCUT2D eigenvalue weighted by Crippen LogP contribution is 2.30. The summed E-state index contributed by atoms with van der Waals surface area (Å²) in [5, 5.41) is 10.2. The zero-order valence-corrected chi connectivity index (χ0v) is 16.4.